The zero-order chi connectivity index (χ0) is 13.3. The minimum Gasteiger partial charge on any atom is -0.394 e. The topological polar surface area (TPSA) is 55.9 Å². The number of hydrogen-bond acceptors (Lipinski definition) is 3. The van der Waals surface area contributed by atoms with Gasteiger partial charge >= 0.3 is 0 Å². The summed E-state index contributed by atoms with van der Waals surface area (Å²) in [6.45, 7) is 4.13. The summed E-state index contributed by atoms with van der Waals surface area (Å²) in [5.41, 5.74) is 10.0. The van der Waals surface area contributed by atoms with E-state index in [0.717, 1.165) is 29.3 Å². The van der Waals surface area contributed by atoms with E-state index in [4.69, 9.17) is 5.73 Å². The van der Waals surface area contributed by atoms with Crippen LogP contribution in [0.15, 0.2) is 18.2 Å². The van der Waals surface area contributed by atoms with Crippen molar-refractivity contribution in [1.82, 2.24) is 9.78 Å². The van der Waals surface area contributed by atoms with Crippen molar-refractivity contribution in [2.24, 2.45) is 7.05 Å². The second-order valence-electron chi connectivity index (χ2n) is 4.27. The van der Waals surface area contributed by atoms with Gasteiger partial charge in [-0.15, -0.1) is 0 Å². The van der Waals surface area contributed by atoms with E-state index in [2.05, 4.69) is 65.1 Å². The predicted molar refractivity (Wildman–Crippen MR) is 84.2 cm³/mol. The molecule has 1 aromatic carbocycles. The quantitative estimate of drug-likeness (QED) is 0.831. The van der Waals surface area contributed by atoms with Crippen LogP contribution in [0.4, 0.5) is 17.2 Å². The molecule has 0 bridgehead atoms. The van der Waals surface area contributed by atoms with E-state index in [1.807, 2.05) is 7.05 Å². The largest absolute Gasteiger partial charge is 0.394 e. The van der Waals surface area contributed by atoms with Crippen LogP contribution in [-0.2, 0) is 13.5 Å². The normalized spacial score (nSPS) is 10.7. The summed E-state index contributed by atoms with van der Waals surface area (Å²) in [5, 5.41) is 7.78. The molecule has 0 saturated carbocycles. The first-order chi connectivity index (χ1) is 8.52. The number of benzene rings is 1. The molecule has 3 N–H and O–H groups in total. The molecule has 1 heterocycles. The highest BCUT2D eigenvalue weighted by Gasteiger charge is 2.12. The van der Waals surface area contributed by atoms with Crippen LogP contribution in [0.3, 0.4) is 0 Å². The van der Waals surface area contributed by atoms with Crippen molar-refractivity contribution in [1.29, 1.82) is 0 Å². The van der Waals surface area contributed by atoms with E-state index in [1.165, 1.54) is 9.13 Å². The van der Waals surface area contributed by atoms with E-state index in [9.17, 15) is 0 Å². The third kappa shape index (κ3) is 2.45. The molecule has 1 aromatic heterocycles. The highest BCUT2D eigenvalue weighted by molar-refractivity contribution is 14.1. The van der Waals surface area contributed by atoms with E-state index in [0.29, 0.717) is 0 Å². The van der Waals surface area contributed by atoms with Crippen LogP contribution in [0.1, 0.15) is 18.2 Å². The molecule has 0 unspecified atom stereocenters. The summed E-state index contributed by atoms with van der Waals surface area (Å²) in [7, 11) is 1.90. The molecule has 0 aliphatic heterocycles. The maximum absolute atomic E-state index is 6.10. The molecule has 0 aliphatic rings. The fourth-order valence-corrected chi connectivity index (χ4v) is 2.35. The lowest BCUT2D eigenvalue weighted by Gasteiger charge is -2.11. The van der Waals surface area contributed by atoms with Crippen molar-refractivity contribution in [3.05, 3.63) is 33.0 Å². The Bertz CT molecular complexity index is 575. The molecular weight excluding hydrogens is 339 g/mol. The molecule has 0 spiro atoms. The summed E-state index contributed by atoms with van der Waals surface area (Å²) in [6.07, 6.45) is 0.840. The highest BCUT2D eigenvalue weighted by Crippen LogP contribution is 2.28. The van der Waals surface area contributed by atoms with Crippen LogP contribution in [0.2, 0.25) is 0 Å². The minimum atomic E-state index is 0.735. The molecule has 96 valence electrons. The van der Waals surface area contributed by atoms with Gasteiger partial charge in [0.15, 0.2) is 5.82 Å². The lowest BCUT2D eigenvalue weighted by molar-refractivity contribution is 0.753. The Morgan fingerprint density at radius 2 is 2.17 bits per heavy atom. The molecule has 5 heteroatoms. The van der Waals surface area contributed by atoms with Crippen LogP contribution in [0.5, 0.6) is 0 Å². The Morgan fingerprint density at radius 3 is 2.78 bits per heavy atom. The molecule has 0 radical (unpaired) electrons. The lowest BCUT2D eigenvalue weighted by atomic mass is 10.2. The van der Waals surface area contributed by atoms with Gasteiger partial charge in [-0.2, -0.15) is 5.10 Å². The van der Waals surface area contributed by atoms with Gasteiger partial charge in [-0.25, -0.2) is 0 Å². The van der Waals surface area contributed by atoms with Gasteiger partial charge in [0, 0.05) is 16.3 Å². The van der Waals surface area contributed by atoms with Crippen LogP contribution in [0.25, 0.3) is 0 Å². The Morgan fingerprint density at radius 1 is 1.44 bits per heavy atom. The number of rotatable bonds is 3. The maximum Gasteiger partial charge on any atom is 0.152 e. The van der Waals surface area contributed by atoms with E-state index >= 15 is 0 Å². The third-order valence-corrected chi connectivity index (χ3v) is 3.62. The van der Waals surface area contributed by atoms with E-state index < -0.39 is 0 Å². The van der Waals surface area contributed by atoms with Gasteiger partial charge in [0.25, 0.3) is 0 Å². The Labute approximate surface area is 121 Å². The fourth-order valence-electron chi connectivity index (χ4n) is 1.86. The van der Waals surface area contributed by atoms with Crippen molar-refractivity contribution >= 4 is 39.8 Å². The van der Waals surface area contributed by atoms with Gasteiger partial charge in [-0.05, 0) is 53.6 Å². The molecule has 0 saturated heterocycles. The Hall–Kier alpha value is -1.24. The first-order valence-corrected chi connectivity index (χ1v) is 6.95. The second kappa shape index (κ2) is 5.17. The molecule has 0 atom stereocenters. The summed E-state index contributed by atoms with van der Waals surface area (Å²) >= 11 is 2.30. The molecule has 4 nitrogen and oxygen atoms in total. The predicted octanol–water partition coefficient (Wildman–Crippen LogP) is 3.22. The van der Waals surface area contributed by atoms with Crippen molar-refractivity contribution in [3.63, 3.8) is 0 Å². The number of nitrogen functional groups attached to an aromatic ring is 1. The summed E-state index contributed by atoms with van der Waals surface area (Å²) in [6, 6.07) is 6.29. The second-order valence-corrected chi connectivity index (χ2v) is 5.52. The summed E-state index contributed by atoms with van der Waals surface area (Å²) in [4.78, 5) is 0. The monoisotopic (exact) mass is 356 g/mol. The van der Waals surface area contributed by atoms with Gasteiger partial charge in [0.2, 0.25) is 0 Å². The minimum absolute atomic E-state index is 0.735. The average molecular weight is 356 g/mol. The highest BCUT2D eigenvalue weighted by atomic mass is 127. The van der Waals surface area contributed by atoms with Gasteiger partial charge < -0.3 is 11.1 Å². The number of nitrogens with one attached hydrogen (secondary N) is 1. The molecular formula is C13H17IN4. The smallest absolute Gasteiger partial charge is 0.152 e. The third-order valence-electron chi connectivity index (χ3n) is 2.95. The van der Waals surface area contributed by atoms with Crippen molar-refractivity contribution in [2.45, 2.75) is 20.3 Å². The number of halogens is 1. The molecule has 0 aliphatic carbocycles. The van der Waals surface area contributed by atoms with Crippen LogP contribution in [0, 0.1) is 10.5 Å². The van der Waals surface area contributed by atoms with Crippen molar-refractivity contribution in [2.75, 3.05) is 11.1 Å². The van der Waals surface area contributed by atoms with E-state index in [-0.39, 0.29) is 0 Å². The number of anilines is 3. The van der Waals surface area contributed by atoms with Gasteiger partial charge in [-0.3, -0.25) is 4.68 Å². The van der Waals surface area contributed by atoms with Gasteiger partial charge in [0.05, 0.1) is 11.4 Å². The lowest BCUT2D eigenvalue weighted by Crippen LogP contribution is -2.02. The zero-order valence-electron chi connectivity index (χ0n) is 10.8. The van der Waals surface area contributed by atoms with Crippen molar-refractivity contribution < 1.29 is 0 Å². The first-order valence-electron chi connectivity index (χ1n) is 5.87. The standard InChI is InChI=1S/C13H17IN4/c1-4-10-12(15)13(18(3)17-10)16-11-7-9(14)6-5-8(11)2/h5-7,16H,4,15H2,1-3H3. The first kappa shape index (κ1) is 13.2. The Kier molecular flexibility index (Phi) is 3.79. The van der Waals surface area contributed by atoms with Gasteiger partial charge in [0.1, 0.15) is 0 Å². The zero-order valence-corrected chi connectivity index (χ0v) is 12.9. The van der Waals surface area contributed by atoms with Crippen molar-refractivity contribution in [3.8, 4) is 0 Å². The molecule has 0 amide bonds. The maximum atomic E-state index is 6.10. The summed E-state index contributed by atoms with van der Waals surface area (Å²) < 4.78 is 2.99. The van der Waals surface area contributed by atoms with Crippen LogP contribution >= 0.6 is 22.6 Å². The average Bonchev–Trinajstić information content (AvgIpc) is 2.61. The summed E-state index contributed by atoms with van der Waals surface area (Å²) in [5.74, 6) is 0.858. The van der Waals surface area contributed by atoms with Gasteiger partial charge in [-0.1, -0.05) is 13.0 Å². The number of nitrogens with two attached hydrogens (primary N) is 1. The Balaban J connectivity index is 2.39. The molecule has 18 heavy (non-hydrogen) atoms. The number of aryl methyl sites for hydroxylation is 3. The van der Waals surface area contributed by atoms with Crippen LogP contribution < -0.4 is 11.1 Å². The molecule has 2 aromatic rings. The number of hydrogen-bond donors (Lipinski definition) is 2. The van der Waals surface area contributed by atoms with E-state index in [1.54, 1.807) is 4.68 Å². The molecule has 2 rings (SSSR count). The SMILES string of the molecule is CCc1nn(C)c(Nc2cc(I)ccc2C)c1N. The number of nitrogens with zero attached hydrogens (tertiary/aromatic N) is 2. The van der Waals surface area contributed by atoms with Crippen LogP contribution in [-0.4, -0.2) is 9.78 Å². The molecule has 0 fully saturated rings. The fraction of sp³-hybridized carbons (Fsp3) is 0.308. The number of aromatic nitrogens is 2.